The van der Waals surface area contributed by atoms with Gasteiger partial charge in [-0.1, -0.05) is 88.3 Å². The van der Waals surface area contributed by atoms with Crippen molar-refractivity contribution >= 4 is 17.8 Å². The largest absolute Gasteiger partial charge is 0.493 e. The molecule has 0 aliphatic carbocycles. The van der Waals surface area contributed by atoms with E-state index in [9.17, 15) is 27.9 Å². The fourth-order valence-electron chi connectivity index (χ4n) is 7.14. The lowest BCUT2D eigenvalue weighted by molar-refractivity contribution is -0.170. The van der Waals surface area contributed by atoms with Gasteiger partial charge in [-0.05, 0) is 41.7 Å². The van der Waals surface area contributed by atoms with Crippen molar-refractivity contribution < 1.29 is 32.6 Å². The number of benzene rings is 2. The zero-order chi connectivity index (χ0) is 34.8. The van der Waals surface area contributed by atoms with Gasteiger partial charge in [-0.2, -0.15) is 13.2 Å². The molecule has 3 N–H and O–H groups in total. The second-order valence-electron chi connectivity index (χ2n) is 13.2. The van der Waals surface area contributed by atoms with Gasteiger partial charge in [0.2, 0.25) is 11.9 Å². The van der Waals surface area contributed by atoms with E-state index in [0.717, 1.165) is 73.7 Å². The van der Waals surface area contributed by atoms with Gasteiger partial charge < -0.3 is 25.5 Å². The molecule has 0 spiro atoms. The molecule has 0 saturated heterocycles. The van der Waals surface area contributed by atoms with Crippen LogP contribution < -0.4 is 15.5 Å². The van der Waals surface area contributed by atoms with E-state index in [0.29, 0.717) is 29.7 Å². The number of nitrogens with zero attached hydrogens (tertiary/aromatic N) is 3. The number of rotatable bonds is 17. The van der Waals surface area contributed by atoms with Crippen molar-refractivity contribution in [1.29, 1.82) is 0 Å². The van der Waals surface area contributed by atoms with Crippen molar-refractivity contribution in [2.24, 2.45) is 5.92 Å². The van der Waals surface area contributed by atoms with Gasteiger partial charge >= 0.3 is 12.1 Å². The lowest BCUT2D eigenvalue weighted by Gasteiger charge is -2.38. The van der Waals surface area contributed by atoms with E-state index in [-0.39, 0.29) is 13.0 Å². The first-order valence-corrected chi connectivity index (χ1v) is 17.6. The lowest BCUT2D eigenvalue weighted by Crippen LogP contribution is -2.45. The summed E-state index contributed by atoms with van der Waals surface area (Å²) in [5, 5.41) is 12.9. The van der Waals surface area contributed by atoms with E-state index >= 15 is 0 Å². The number of carboxylic acids is 1. The van der Waals surface area contributed by atoms with Crippen molar-refractivity contribution in [3.63, 3.8) is 0 Å². The van der Waals surface area contributed by atoms with Crippen LogP contribution in [0.5, 0.6) is 5.75 Å². The molecule has 2 aliphatic heterocycles. The number of nitrogens with one attached hydrogen (secondary N) is 2. The zero-order valence-corrected chi connectivity index (χ0v) is 28.2. The fraction of sp³-hybridized carbons (Fsp3) is 0.541. The molecule has 2 aromatic carbocycles. The molecule has 266 valence electrons. The molecule has 12 heteroatoms. The van der Waals surface area contributed by atoms with Crippen LogP contribution in [0.25, 0.3) is 0 Å². The summed E-state index contributed by atoms with van der Waals surface area (Å²) in [4.78, 5) is 31.4. The number of amides is 1. The number of unbranched alkanes of at least 4 members (excludes halogenated alkanes) is 6. The average molecular weight is 684 g/mol. The van der Waals surface area contributed by atoms with Crippen LogP contribution in [-0.2, 0) is 22.4 Å². The summed E-state index contributed by atoms with van der Waals surface area (Å²) in [6.07, 6.45) is 5.14. The Kier molecular flexibility index (Phi) is 12.5. The third-order valence-electron chi connectivity index (χ3n) is 9.44. The molecule has 1 amide bonds. The minimum absolute atomic E-state index is 0.0325. The first kappa shape index (κ1) is 36.1. The number of ether oxygens (including phenoxy) is 1. The van der Waals surface area contributed by atoms with Crippen LogP contribution in [0.15, 0.2) is 54.7 Å². The summed E-state index contributed by atoms with van der Waals surface area (Å²) in [6, 6.07) is 13.8. The SMILES string of the molecule is CCCCCCCCCC(c1ccccc1)C1c2cc(OCCc3cn4c(n3)NCCN4)ccc2C[C@@H](CC(=O)O)C(=O)N1CC(F)(F)F. The van der Waals surface area contributed by atoms with Gasteiger partial charge in [0.25, 0.3) is 0 Å². The summed E-state index contributed by atoms with van der Waals surface area (Å²) in [6.45, 7) is 2.53. The predicted octanol–water partition coefficient (Wildman–Crippen LogP) is 7.48. The Hall–Kier alpha value is -4.22. The molecule has 0 radical (unpaired) electrons. The number of alkyl halides is 3. The summed E-state index contributed by atoms with van der Waals surface area (Å²) >= 11 is 0. The van der Waals surface area contributed by atoms with Crippen LogP contribution in [0.1, 0.15) is 99.1 Å². The van der Waals surface area contributed by atoms with E-state index in [1.807, 2.05) is 41.2 Å². The Labute approximate surface area is 286 Å². The van der Waals surface area contributed by atoms with E-state index < -0.39 is 48.9 Å². The van der Waals surface area contributed by atoms with E-state index in [1.54, 1.807) is 18.2 Å². The quantitative estimate of drug-likeness (QED) is 0.127. The number of anilines is 1. The minimum atomic E-state index is -4.69. The summed E-state index contributed by atoms with van der Waals surface area (Å²) < 4.78 is 51.0. The van der Waals surface area contributed by atoms with Crippen LogP contribution in [0.2, 0.25) is 0 Å². The number of fused-ring (bicyclic) bond motifs is 2. The first-order chi connectivity index (χ1) is 23.6. The molecule has 2 aliphatic rings. The van der Waals surface area contributed by atoms with Crippen LogP contribution >= 0.6 is 0 Å². The number of carbonyl (C=O) groups is 2. The smallest absolute Gasteiger partial charge is 0.406 e. The van der Waals surface area contributed by atoms with Crippen molar-refractivity contribution in [2.45, 2.75) is 95.7 Å². The van der Waals surface area contributed by atoms with Gasteiger partial charge in [0, 0.05) is 25.4 Å². The van der Waals surface area contributed by atoms with E-state index in [4.69, 9.17) is 4.74 Å². The zero-order valence-electron chi connectivity index (χ0n) is 28.2. The molecule has 0 saturated carbocycles. The molecular weight excluding hydrogens is 635 g/mol. The molecule has 49 heavy (non-hydrogen) atoms. The van der Waals surface area contributed by atoms with Gasteiger partial charge in [-0.3, -0.25) is 9.59 Å². The van der Waals surface area contributed by atoms with Gasteiger partial charge in [0.1, 0.15) is 12.3 Å². The Bertz CT molecular complexity index is 1510. The summed E-state index contributed by atoms with van der Waals surface area (Å²) in [5.41, 5.74) is 6.14. The highest BCUT2D eigenvalue weighted by Gasteiger charge is 2.45. The fourth-order valence-corrected chi connectivity index (χ4v) is 7.14. The topological polar surface area (TPSA) is 109 Å². The van der Waals surface area contributed by atoms with Crippen molar-refractivity contribution in [3.05, 3.63) is 77.1 Å². The molecule has 5 rings (SSSR count). The summed E-state index contributed by atoms with van der Waals surface area (Å²) in [5.74, 6) is -2.37. The van der Waals surface area contributed by atoms with Gasteiger partial charge in [0.15, 0.2) is 0 Å². The van der Waals surface area contributed by atoms with E-state index in [2.05, 4.69) is 22.7 Å². The highest BCUT2D eigenvalue weighted by molar-refractivity contribution is 5.85. The molecule has 0 bridgehead atoms. The molecule has 3 atom stereocenters. The number of halogens is 3. The second-order valence-corrected chi connectivity index (χ2v) is 13.2. The molecule has 3 heterocycles. The Balaban J connectivity index is 1.48. The number of aromatic nitrogens is 2. The van der Waals surface area contributed by atoms with Gasteiger partial charge in [-0.25, -0.2) is 9.66 Å². The molecule has 1 aromatic heterocycles. The second kappa shape index (κ2) is 16.9. The molecule has 0 fully saturated rings. The first-order valence-electron chi connectivity index (χ1n) is 17.6. The Morgan fingerprint density at radius 3 is 2.53 bits per heavy atom. The monoisotopic (exact) mass is 683 g/mol. The van der Waals surface area contributed by atoms with Gasteiger partial charge in [-0.15, -0.1) is 0 Å². The number of aliphatic carboxylic acids is 1. The van der Waals surface area contributed by atoms with Crippen LogP contribution in [0, 0.1) is 5.92 Å². The van der Waals surface area contributed by atoms with E-state index in [1.165, 1.54) is 6.42 Å². The molecule has 3 aromatic rings. The lowest BCUT2D eigenvalue weighted by atomic mass is 9.80. The van der Waals surface area contributed by atoms with Crippen molar-refractivity contribution in [1.82, 2.24) is 14.6 Å². The highest BCUT2D eigenvalue weighted by Crippen LogP contribution is 2.46. The summed E-state index contributed by atoms with van der Waals surface area (Å²) in [7, 11) is 0. The third-order valence-corrected chi connectivity index (χ3v) is 9.44. The standard InChI is InChI=1S/C37H48F3N5O4/c1-2-3-4-5-6-7-11-14-31(26-12-9-8-10-13-26)34-32-23-30(49-20-17-29-24-45-36(43-29)41-18-19-42-45)16-15-27(32)21-28(22-33(46)47)35(48)44(34)25-37(38,39)40/h8-10,12-13,15-16,23-24,28,31,34,42H,2-7,11,14,17-22,25H2,1H3,(H,41,43)(H,46,47)/t28-,31?,34?/m0/s1. The number of imidazole rings is 1. The highest BCUT2D eigenvalue weighted by atomic mass is 19.4. The van der Waals surface area contributed by atoms with Crippen LogP contribution in [0.3, 0.4) is 0 Å². The third kappa shape index (κ3) is 9.92. The maximum atomic E-state index is 14.3. The van der Waals surface area contributed by atoms with Crippen LogP contribution in [-0.4, -0.2) is 64.0 Å². The maximum Gasteiger partial charge on any atom is 0.406 e. The van der Waals surface area contributed by atoms with Crippen LogP contribution in [0.4, 0.5) is 19.1 Å². The maximum absolute atomic E-state index is 14.3. The normalized spacial score (nSPS) is 18.1. The average Bonchev–Trinajstić information content (AvgIpc) is 3.45. The number of carbonyl (C=O) groups excluding carboxylic acids is 1. The van der Waals surface area contributed by atoms with Crippen molar-refractivity contribution in [2.75, 3.05) is 37.0 Å². The molecule has 2 unspecified atom stereocenters. The number of carboxylic acid groups (broad SMARTS) is 1. The molecule has 9 nitrogen and oxygen atoms in total. The Morgan fingerprint density at radius 1 is 1.06 bits per heavy atom. The van der Waals surface area contributed by atoms with Crippen molar-refractivity contribution in [3.8, 4) is 5.75 Å². The van der Waals surface area contributed by atoms with Gasteiger partial charge in [0.05, 0.1) is 36.9 Å². The minimum Gasteiger partial charge on any atom is -0.493 e. The number of hydrogen-bond donors (Lipinski definition) is 3. The molecular formula is C37H48F3N5O4. The predicted molar refractivity (Wildman–Crippen MR) is 182 cm³/mol. The number of hydrogen-bond acceptors (Lipinski definition) is 6. The Morgan fingerprint density at radius 2 is 1.82 bits per heavy atom.